The molecule has 1 amide bonds. The van der Waals surface area contributed by atoms with Crippen LogP contribution in [0.1, 0.15) is 6.92 Å². The lowest BCUT2D eigenvalue weighted by Crippen LogP contribution is -2.43. The van der Waals surface area contributed by atoms with Gasteiger partial charge in [0.05, 0.1) is 31.6 Å². The summed E-state index contributed by atoms with van der Waals surface area (Å²) in [5.41, 5.74) is 5.91. The molecule has 0 saturated heterocycles. The van der Waals surface area contributed by atoms with Crippen molar-refractivity contribution < 1.29 is 19.1 Å². The molecule has 0 aliphatic heterocycles. The summed E-state index contributed by atoms with van der Waals surface area (Å²) in [6, 6.07) is -1.35. The normalized spacial score (nSPS) is 11.9. The van der Waals surface area contributed by atoms with Crippen LogP contribution in [0.3, 0.4) is 0 Å². The van der Waals surface area contributed by atoms with Crippen molar-refractivity contribution in [3.63, 3.8) is 0 Å². The number of esters is 1. The van der Waals surface area contributed by atoms with Crippen LogP contribution in [-0.4, -0.2) is 48.0 Å². The van der Waals surface area contributed by atoms with E-state index in [4.69, 9.17) is 10.5 Å². The molecular formula is C11H18N4O4. The molecule has 0 spiro atoms. The second-order valence-electron chi connectivity index (χ2n) is 3.70. The van der Waals surface area contributed by atoms with E-state index in [1.165, 1.54) is 6.20 Å². The lowest BCUT2D eigenvalue weighted by molar-refractivity contribution is -0.146. The Balaban J connectivity index is 2.52. The number of nitrogens with two attached hydrogens (primary N) is 1. The Morgan fingerprint density at radius 2 is 2.32 bits per heavy atom. The van der Waals surface area contributed by atoms with E-state index in [1.807, 2.05) is 0 Å². The Kier molecular flexibility index (Phi) is 5.97. The first kappa shape index (κ1) is 15.1. The molecule has 0 bridgehead atoms. The minimum absolute atomic E-state index is 0.175. The number of nitrogens with zero attached hydrogens (tertiary/aromatic N) is 2. The highest BCUT2D eigenvalue weighted by Crippen LogP contribution is 2.05. The molecule has 0 aliphatic rings. The largest absolute Gasteiger partial charge is 0.464 e. The number of anilines is 1. The highest BCUT2D eigenvalue weighted by atomic mass is 16.5. The Morgan fingerprint density at radius 1 is 1.58 bits per heavy atom. The number of methoxy groups -OCH3 is 1. The standard InChI is InChI=1S/C11H18N4O4/c1-3-19-11(17)9(12)10(16)14-8-6-13-15(7-8)4-5-18-2/h6-7,9H,3-5,12H2,1-2H3,(H,14,16). The Bertz CT molecular complexity index is 432. The molecule has 19 heavy (non-hydrogen) atoms. The van der Waals surface area contributed by atoms with Crippen molar-refractivity contribution in [2.45, 2.75) is 19.5 Å². The van der Waals surface area contributed by atoms with Crippen molar-refractivity contribution in [2.75, 3.05) is 25.6 Å². The van der Waals surface area contributed by atoms with Crippen LogP contribution in [0, 0.1) is 0 Å². The second kappa shape index (κ2) is 7.49. The molecule has 8 nitrogen and oxygen atoms in total. The molecule has 1 rings (SSSR count). The molecule has 0 aliphatic carbocycles. The number of ether oxygens (including phenoxy) is 2. The average Bonchev–Trinajstić information content (AvgIpc) is 2.83. The maximum Gasteiger partial charge on any atom is 0.332 e. The lowest BCUT2D eigenvalue weighted by atomic mass is 10.3. The Hall–Kier alpha value is -1.93. The minimum atomic E-state index is -1.35. The van der Waals surface area contributed by atoms with E-state index in [2.05, 4.69) is 15.2 Å². The number of carbonyl (C=O) groups excluding carboxylic acids is 2. The van der Waals surface area contributed by atoms with Crippen LogP contribution in [0.2, 0.25) is 0 Å². The van der Waals surface area contributed by atoms with Crippen molar-refractivity contribution >= 4 is 17.6 Å². The molecule has 0 aromatic carbocycles. The molecule has 0 saturated carbocycles. The van der Waals surface area contributed by atoms with E-state index in [1.54, 1.807) is 24.9 Å². The Morgan fingerprint density at radius 3 is 2.95 bits per heavy atom. The smallest absolute Gasteiger partial charge is 0.332 e. The predicted molar refractivity (Wildman–Crippen MR) is 67.3 cm³/mol. The number of hydrogen-bond donors (Lipinski definition) is 2. The zero-order valence-corrected chi connectivity index (χ0v) is 11.0. The van der Waals surface area contributed by atoms with Gasteiger partial charge < -0.3 is 20.5 Å². The van der Waals surface area contributed by atoms with Gasteiger partial charge >= 0.3 is 5.97 Å². The number of amides is 1. The zero-order valence-electron chi connectivity index (χ0n) is 11.0. The maximum absolute atomic E-state index is 11.7. The van der Waals surface area contributed by atoms with Crippen molar-refractivity contribution in [2.24, 2.45) is 5.73 Å². The highest BCUT2D eigenvalue weighted by molar-refractivity contribution is 6.08. The fraction of sp³-hybridized carbons (Fsp3) is 0.545. The molecule has 1 atom stereocenters. The number of hydrogen-bond acceptors (Lipinski definition) is 6. The van der Waals surface area contributed by atoms with Crippen molar-refractivity contribution in [3.8, 4) is 0 Å². The van der Waals surface area contributed by atoms with Gasteiger partial charge in [-0.15, -0.1) is 0 Å². The average molecular weight is 270 g/mol. The van der Waals surface area contributed by atoms with Crippen molar-refractivity contribution in [1.29, 1.82) is 0 Å². The van der Waals surface area contributed by atoms with Gasteiger partial charge in [0.1, 0.15) is 0 Å². The van der Waals surface area contributed by atoms with Gasteiger partial charge in [0.25, 0.3) is 5.91 Å². The maximum atomic E-state index is 11.7. The first-order valence-corrected chi connectivity index (χ1v) is 5.83. The summed E-state index contributed by atoms with van der Waals surface area (Å²) in [4.78, 5) is 22.9. The van der Waals surface area contributed by atoms with Gasteiger partial charge in [-0.1, -0.05) is 0 Å². The van der Waals surface area contributed by atoms with Gasteiger partial charge in [0.2, 0.25) is 0 Å². The fourth-order valence-electron chi connectivity index (χ4n) is 1.29. The topological polar surface area (TPSA) is 108 Å². The van der Waals surface area contributed by atoms with E-state index in [0.29, 0.717) is 18.8 Å². The summed E-state index contributed by atoms with van der Waals surface area (Å²) < 4.78 is 11.2. The van der Waals surface area contributed by atoms with Crippen LogP contribution in [0.5, 0.6) is 0 Å². The molecular weight excluding hydrogens is 252 g/mol. The zero-order chi connectivity index (χ0) is 14.3. The molecule has 8 heteroatoms. The highest BCUT2D eigenvalue weighted by Gasteiger charge is 2.23. The molecule has 1 heterocycles. The monoisotopic (exact) mass is 270 g/mol. The summed E-state index contributed by atoms with van der Waals surface area (Å²) in [6.45, 7) is 2.89. The SMILES string of the molecule is CCOC(=O)C(N)C(=O)Nc1cnn(CCOC)c1. The fourth-order valence-corrected chi connectivity index (χ4v) is 1.29. The Labute approximate surface area is 110 Å². The molecule has 1 aromatic heterocycles. The summed E-state index contributed by atoms with van der Waals surface area (Å²) >= 11 is 0. The molecule has 0 radical (unpaired) electrons. The predicted octanol–water partition coefficient (Wildman–Crippen LogP) is -0.642. The molecule has 1 aromatic rings. The number of rotatable bonds is 7. The van der Waals surface area contributed by atoms with Crippen molar-refractivity contribution in [1.82, 2.24) is 9.78 Å². The minimum Gasteiger partial charge on any atom is -0.464 e. The first-order chi connectivity index (χ1) is 9.08. The lowest BCUT2D eigenvalue weighted by Gasteiger charge is -2.09. The van der Waals surface area contributed by atoms with E-state index >= 15 is 0 Å². The third kappa shape index (κ3) is 4.68. The van der Waals surface area contributed by atoms with Gasteiger partial charge in [0, 0.05) is 13.3 Å². The van der Waals surface area contributed by atoms with Crippen molar-refractivity contribution in [3.05, 3.63) is 12.4 Å². The summed E-state index contributed by atoms with van der Waals surface area (Å²) in [5, 5.41) is 6.50. The molecule has 3 N–H and O–H groups in total. The number of aromatic nitrogens is 2. The third-order valence-electron chi connectivity index (χ3n) is 2.25. The van der Waals surface area contributed by atoms with Gasteiger partial charge in [0.15, 0.2) is 6.04 Å². The van der Waals surface area contributed by atoms with Crippen LogP contribution >= 0.6 is 0 Å². The summed E-state index contributed by atoms with van der Waals surface area (Å²) in [6.07, 6.45) is 3.08. The first-order valence-electron chi connectivity index (χ1n) is 5.83. The van der Waals surface area contributed by atoms with Crippen LogP contribution in [0.25, 0.3) is 0 Å². The van der Waals surface area contributed by atoms with Crippen LogP contribution in [0.4, 0.5) is 5.69 Å². The summed E-state index contributed by atoms with van der Waals surface area (Å²) in [7, 11) is 1.59. The number of carbonyl (C=O) groups is 2. The van der Waals surface area contributed by atoms with Gasteiger partial charge in [-0.3, -0.25) is 9.48 Å². The molecule has 0 fully saturated rings. The van der Waals surface area contributed by atoms with E-state index in [0.717, 1.165) is 0 Å². The third-order valence-corrected chi connectivity index (χ3v) is 2.25. The van der Waals surface area contributed by atoms with Gasteiger partial charge in [-0.05, 0) is 6.92 Å². The van der Waals surface area contributed by atoms with E-state index in [-0.39, 0.29) is 6.61 Å². The quantitative estimate of drug-likeness (QED) is 0.504. The number of nitrogens with one attached hydrogen (secondary N) is 1. The summed E-state index contributed by atoms with van der Waals surface area (Å²) in [5.74, 6) is -1.39. The van der Waals surface area contributed by atoms with Crippen LogP contribution < -0.4 is 11.1 Å². The van der Waals surface area contributed by atoms with E-state index < -0.39 is 17.9 Å². The molecule has 1 unspecified atom stereocenters. The van der Waals surface area contributed by atoms with Crippen LogP contribution in [0.15, 0.2) is 12.4 Å². The van der Waals surface area contributed by atoms with Crippen LogP contribution in [-0.2, 0) is 25.6 Å². The van der Waals surface area contributed by atoms with E-state index in [9.17, 15) is 9.59 Å². The molecule has 106 valence electrons. The second-order valence-corrected chi connectivity index (χ2v) is 3.70. The van der Waals surface area contributed by atoms with Gasteiger partial charge in [-0.2, -0.15) is 5.10 Å². The van der Waals surface area contributed by atoms with Gasteiger partial charge in [-0.25, -0.2) is 4.79 Å².